The number of pyridine rings is 1. The summed E-state index contributed by atoms with van der Waals surface area (Å²) in [6.07, 6.45) is 3.57. The summed E-state index contributed by atoms with van der Waals surface area (Å²) >= 11 is 0. The maximum absolute atomic E-state index is 11.8. The summed E-state index contributed by atoms with van der Waals surface area (Å²) in [5.74, 6) is 5.64. The molecule has 1 amide bonds. The van der Waals surface area contributed by atoms with Crippen LogP contribution < -0.4 is 16.6 Å². The van der Waals surface area contributed by atoms with Crippen LogP contribution in [0.5, 0.6) is 0 Å². The lowest BCUT2D eigenvalue weighted by atomic mass is 10.1. The number of aromatic nitrogens is 1. The molecule has 6 nitrogen and oxygen atoms in total. The average molecular weight is 250 g/mol. The van der Waals surface area contributed by atoms with Crippen LogP contribution in [0.1, 0.15) is 23.3 Å². The smallest absolute Gasteiger partial charge is 0.269 e. The highest BCUT2D eigenvalue weighted by molar-refractivity contribution is 5.92. The second kappa shape index (κ2) is 6.32. The molecule has 0 aromatic carbocycles. The summed E-state index contributed by atoms with van der Waals surface area (Å²) in [7, 11) is 0. The van der Waals surface area contributed by atoms with Gasteiger partial charge in [0.25, 0.3) is 5.91 Å². The number of hydrogen-bond acceptors (Lipinski definition) is 5. The highest BCUT2D eigenvalue weighted by Gasteiger charge is 2.15. The number of anilines is 1. The van der Waals surface area contributed by atoms with Crippen LogP contribution in [0.15, 0.2) is 18.3 Å². The number of hydrogen-bond donors (Lipinski definition) is 3. The van der Waals surface area contributed by atoms with Gasteiger partial charge in [-0.25, -0.2) is 4.98 Å². The van der Waals surface area contributed by atoms with E-state index in [2.05, 4.69) is 15.7 Å². The Morgan fingerprint density at radius 1 is 1.56 bits per heavy atom. The number of carbonyl (C=O) groups is 1. The van der Waals surface area contributed by atoms with E-state index in [1.165, 1.54) is 6.20 Å². The zero-order valence-corrected chi connectivity index (χ0v) is 10.2. The molecular weight excluding hydrogens is 232 g/mol. The van der Waals surface area contributed by atoms with Crippen LogP contribution in [0, 0.1) is 5.92 Å². The predicted molar refractivity (Wildman–Crippen MR) is 67.9 cm³/mol. The van der Waals surface area contributed by atoms with Crippen LogP contribution in [0.4, 0.5) is 5.69 Å². The van der Waals surface area contributed by atoms with E-state index >= 15 is 0 Å². The lowest BCUT2D eigenvalue weighted by Crippen LogP contribution is -2.26. The van der Waals surface area contributed by atoms with Crippen LogP contribution in [-0.4, -0.2) is 30.6 Å². The van der Waals surface area contributed by atoms with Gasteiger partial charge in [0.1, 0.15) is 5.69 Å². The minimum absolute atomic E-state index is 0.155. The Labute approximate surface area is 106 Å². The molecule has 2 heterocycles. The summed E-state index contributed by atoms with van der Waals surface area (Å²) in [5, 5.41) is 2.85. The Kier molecular flexibility index (Phi) is 4.49. The Bertz CT molecular complexity index is 388. The van der Waals surface area contributed by atoms with Crippen molar-refractivity contribution in [3.63, 3.8) is 0 Å². The van der Waals surface area contributed by atoms with Crippen molar-refractivity contribution >= 4 is 11.6 Å². The lowest BCUT2D eigenvalue weighted by Gasteiger charge is -2.08. The fraction of sp³-hybridized carbons (Fsp3) is 0.500. The van der Waals surface area contributed by atoms with Crippen LogP contribution in [-0.2, 0) is 4.74 Å². The van der Waals surface area contributed by atoms with Crippen LogP contribution in [0.2, 0.25) is 0 Å². The van der Waals surface area contributed by atoms with E-state index in [9.17, 15) is 4.79 Å². The first kappa shape index (κ1) is 12.8. The van der Waals surface area contributed by atoms with Gasteiger partial charge in [0.05, 0.1) is 11.9 Å². The molecule has 2 rings (SSSR count). The van der Waals surface area contributed by atoms with Gasteiger partial charge in [-0.2, -0.15) is 0 Å². The van der Waals surface area contributed by atoms with Crippen molar-refractivity contribution in [2.24, 2.45) is 11.8 Å². The van der Waals surface area contributed by atoms with Gasteiger partial charge in [-0.05, 0) is 30.9 Å². The Hall–Kier alpha value is -1.66. The summed E-state index contributed by atoms with van der Waals surface area (Å²) in [6, 6.07) is 3.36. The van der Waals surface area contributed by atoms with Gasteiger partial charge in [-0.15, -0.1) is 0 Å². The highest BCUT2D eigenvalue weighted by atomic mass is 16.5. The molecule has 18 heavy (non-hydrogen) atoms. The fourth-order valence-corrected chi connectivity index (χ4v) is 1.90. The molecular formula is C12H18N4O2. The first-order valence-electron chi connectivity index (χ1n) is 6.08. The van der Waals surface area contributed by atoms with E-state index in [4.69, 9.17) is 10.6 Å². The van der Waals surface area contributed by atoms with E-state index in [0.29, 0.717) is 23.8 Å². The lowest BCUT2D eigenvalue weighted by molar-refractivity contribution is 0.0945. The number of hydrazine groups is 1. The molecule has 1 aliphatic rings. The topological polar surface area (TPSA) is 89.3 Å². The van der Waals surface area contributed by atoms with E-state index < -0.39 is 0 Å². The second-order valence-electron chi connectivity index (χ2n) is 4.35. The number of carbonyl (C=O) groups excluding carboxylic acids is 1. The SMILES string of the molecule is NNc1ccc(C(=O)NCCC2CCOC2)nc1. The second-order valence-corrected chi connectivity index (χ2v) is 4.35. The van der Waals surface area contributed by atoms with Crippen molar-refractivity contribution in [2.75, 3.05) is 25.2 Å². The highest BCUT2D eigenvalue weighted by Crippen LogP contribution is 2.15. The molecule has 1 aromatic heterocycles. The zero-order valence-electron chi connectivity index (χ0n) is 10.2. The molecule has 0 bridgehead atoms. The molecule has 1 unspecified atom stereocenters. The van der Waals surface area contributed by atoms with Gasteiger partial charge in [0.2, 0.25) is 0 Å². The molecule has 1 saturated heterocycles. The number of nitrogens with zero attached hydrogens (tertiary/aromatic N) is 1. The maximum Gasteiger partial charge on any atom is 0.269 e. The number of ether oxygens (including phenoxy) is 1. The molecule has 0 spiro atoms. The van der Waals surface area contributed by atoms with Crippen molar-refractivity contribution in [3.05, 3.63) is 24.0 Å². The van der Waals surface area contributed by atoms with Crippen molar-refractivity contribution < 1.29 is 9.53 Å². The molecule has 0 aliphatic carbocycles. The number of rotatable bonds is 5. The Balaban J connectivity index is 1.76. The quantitative estimate of drug-likeness (QED) is 0.524. The zero-order chi connectivity index (χ0) is 12.8. The first-order chi connectivity index (χ1) is 8.79. The van der Waals surface area contributed by atoms with Gasteiger partial charge < -0.3 is 15.5 Å². The minimum atomic E-state index is -0.155. The first-order valence-corrected chi connectivity index (χ1v) is 6.08. The molecule has 0 radical (unpaired) electrons. The molecule has 1 aliphatic heterocycles. The third-order valence-electron chi connectivity index (χ3n) is 3.02. The predicted octanol–water partition coefficient (Wildman–Crippen LogP) is 0.524. The molecule has 0 saturated carbocycles. The van der Waals surface area contributed by atoms with Crippen molar-refractivity contribution in [1.82, 2.24) is 10.3 Å². The number of amides is 1. The van der Waals surface area contributed by atoms with E-state index in [1.807, 2.05) is 0 Å². The molecule has 4 N–H and O–H groups in total. The standard InChI is InChI=1S/C12H18N4O2/c13-16-10-1-2-11(15-7-10)12(17)14-5-3-9-4-6-18-8-9/h1-2,7,9,16H,3-6,8,13H2,(H,14,17). The normalized spacial score (nSPS) is 18.6. The van der Waals surface area contributed by atoms with Crippen LogP contribution >= 0.6 is 0 Å². The van der Waals surface area contributed by atoms with Gasteiger partial charge in [-0.1, -0.05) is 0 Å². The molecule has 98 valence electrons. The summed E-state index contributed by atoms with van der Waals surface area (Å²) in [5.41, 5.74) is 3.54. The summed E-state index contributed by atoms with van der Waals surface area (Å²) < 4.78 is 5.28. The molecule has 1 aromatic rings. The number of nitrogen functional groups attached to an aromatic ring is 1. The Morgan fingerprint density at radius 2 is 2.44 bits per heavy atom. The number of nitrogens with two attached hydrogens (primary N) is 1. The summed E-state index contributed by atoms with van der Waals surface area (Å²) in [6.45, 7) is 2.31. The molecule has 1 fully saturated rings. The monoisotopic (exact) mass is 250 g/mol. The van der Waals surface area contributed by atoms with Crippen molar-refractivity contribution in [1.29, 1.82) is 0 Å². The Morgan fingerprint density at radius 3 is 3.06 bits per heavy atom. The van der Waals surface area contributed by atoms with Gasteiger partial charge in [0.15, 0.2) is 0 Å². The van der Waals surface area contributed by atoms with E-state index in [1.54, 1.807) is 12.1 Å². The molecule has 6 heteroatoms. The third kappa shape index (κ3) is 3.41. The van der Waals surface area contributed by atoms with Gasteiger partial charge >= 0.3 is 0 Å². The average Bonchev–Trinajstić information content (AvgIpc) is 2.92. The van der Waals surface area contributed by atoms with Gasteiger partial charge in [-0.3, -0.25) is 10.6 Å². The minimum Gasteiger partial charge on any atom is -0.381 e. The van der Waals surface area contributed by atoms with Gasteiger partial charge in [0, 0.05) is 19.8 Å². The van der Waals surface area contributed by atoms with Crippen molar-refractivity contribution in [3.8, 4) is 0 Å². The van der Waals surface area contributed by atoms with Crippen LogP contribution in [0.25, 0.3) is 0 Å². The molecule has 1 atom stereocenters. The largest absolute Gasteiger partial charge is 0.381 e. The van der Waals surface area contributed by atoms with Crippen molar-refractivity contribution in [2.45, 2.75) is 12.8 Å². The maximum atomic E-state index is 11.8. The van der Waals surface area contributed by atoms with Crippen LogP contribution in [0.3, 0.4) is 0 Å². The summed E-state index contributed by atoms with van der Waals surface area (Å²) in [4.78, 5) is 15.8. The number of nitrogens with one attached hydrogen (secondary N) is 2. The fourth-order valence-electron chi connectivity index (χ4n) is 1.90. The third-order valence-corrected chi connectivity index (χ3v) is 3.02. The van der Waals surface area contributed by atoms with E-state index in [0.717, 1.165) is 26.1 Å². The van der Waals surface area contributed by atoms with E-state index in [-0.39, 0.29) is 5.91 Å².